The Morgan fingerprint density at radius 1 is 0.946 bits per heavy atom. The molecule has 37 heavy (non-hydrogen) atoms. The van der Waals surface area contributed by atoms with Gasteiger partial charge in [0, 0.05) is 28.9 Å². The van der Waals surface area contributed by atoms with Gasteiger partial charge in [-0.3, -0.25) is 9.59 Å². The van der Waals surface area contributed by atoms with Crippen molar-refractivity contribution in [1.82, 2.24) is 10.2 Å². The summed E-state index contributed by atoms with van der Waals surface area (Å²) >= 11 is 0. The summed E-state index contributed by atoms with van der Waals surface area (Å²) in [5.74, 6) is -2.69. The molecule has 2 heterocycles. The molecule has 1 amide bonds. The van der Waals surface area contributed by atoms with E-state index in [0.717, 1.165) is 28.7 Å². The van der Waals surface area contributed by atoms with Crippen LogP contribution in [0.4, 0.5) is 24.5 Å². The molecule has 0 radical (unpaired) electrons. The highest BCUT2D eigenvalue weighted by molar-refractivity contribution is 6.01. The van der Waals surface area contributed by atoms with Gasteiger partial charge in [-0.05, 0) is 36.8 Å². The number of para-hydroxylation sites is 1. The van der Waals surface area contributed by atoms with Crippen molar-refractivity contribution in [1.29, 1.82) is 0 Å². The second-order valence-corrected chi connectivity index (χ2v) is 8.14. The maximum absolute atomic E-state index is 12.9. The van der Waals surface area contributed by atoms with Gasteiger partial charge < -0.3 is 15.3 Å². The van der Waals surface area contributed by atoms with Crippen molar-refractivity contribution in [2.75, 3.05) is 16.8 Å². The number of H-pyrrole nitrogens is 1. The third-order valence-corrected chi connectivity index (χ3v) is 5.71. The number of carboxylic acids is 1. The average Bonchev–Trinajstić information content (AvgIpc) is 3.25. The molecule has 0 spiro atoms. The maximum Gasteiger partial charge on any atom is 0.490 e. The number of aliphatic carboxylic acids is 1. The summed E-state index contributed by atoms with van der Waals surface area (Å²) in [6.07, 6.45) is -4.33. The Hall–Kier alpha value is -4.67. The number of carbonyl (C=O) groups is 2. The van der Waals surface area contributed by atoms with Crippen LogP contribution in [0.25, 0.3) is 22.0 Å². The first-order chi connectivity index (χ1) is 17.6. The number of alkyl halides is 3. The fourth-order valence-electron chi connectivity index (χ4n) is 3.94. The van der Waals surface area contributed by atoms with Crippen molar-refractivity contribution in [3.8, 4) is 11.3 Å². The van der Waals surface area contributed by atoms with Gasteiger partial charge in [0.15, 0.2) is 0 Å². The number of aromatic amines is 1. The van der Waals surface area contributed by atoms with Crippen LogP contribution in [0.5, 0.6) is 0 Å². The number of amides is 1. The van der Waals surface area contributed by atoms with Gasteiger partial charge in [-0.2, -0.15) is 18.3 Å². The zero-order chi connectivity index (χ0) is 26.6. The van der Waals surface area contributed by atoms with E-state index in [0.29, 0.717) is 17.6 Å². The number of hydrogen-bond acceptors (Lipinski definition) is 5. The van der Waals surface area contributed by atoms with Crippen molar-refractivity contribution < 1.29 is 27.9 Å². The molecule has 8 nitrogen and oxygen atoms in total. The molecule has 5 rings (SSSR count). The fraction of sp³-hybridized carbons (Fsp3) is 0.154. The molecule has 0 bridgehead atoms. The lowest BCUT2D eigenvalue weighted by Crippen LogP contribution is -2.33. The van der Waals surface area contributed by atoms with Crippen LogP contribution in [0.2, 0.25) is 0 Å². The number of hydrogen-bond donors (Lipinski definition) is 3. The quantitative estimate of drug-likeness (QED) is 0.374. The van der Waals surface area contributed by atoms with Crippen LogP contribution < -0.4 is 15.8 Å². The van der Waals surface area contributed by atoms with Crippen LogP contribution in [0.15, 0.2) is 83.7 Å². The van der Waals surface area contributed by atoms with Gasteiger partial charge in [-0.25, -0.2) is 9.89 Å². The number of aromatic nitrogens is 2. The molecular formula is C26H21F3N4O4. The van der Waals surface area contributed by atoms with Crippen LogP contribution in [-0.2, 0) is 9.59 Å². The summed E-state index contributed by atoms with van der Waals surface area (Å²) in [6, 6.07) is 24.7. The van der Waals surface area contributed by atoms with Crippen molar-refractivity contribution in [2.24, 2.45) is 0 Å². The standard InChI is InChI=1S/C24H20N4O2.C2HF3O2/c29-23-20-9-5-4-8-19(20)22(26-27-23)16-10-12-18(13-11-16)28-15-14-21(24(28)30)25-17-6-2-1-3-7-17;3-2(4,5)1(6)7/h1-13,21,25H,14-15H2,(H,27,29);(H,6,7). The highest BCUT2D eigenvalue weighted by Crippen LogP contribution is 2.29. The molecule has 4 aromatic rings. The van der Waals surface area contributed by atoms with Crippen LogP contribution in [0.3, 0.4) is 0 Å². The third kappa shape index (κ3) is 5.77. The van der Waals surface area contributed by atoms with E-state index in [1.165, 1.54) is 0 Å². The Balaban J connectivity index is 0.000000405. The van der Waals surface area contributed by atoms with Crippen LogP contribution >= 0.6 is 0 Å². The third-order valence-electron chi connectivity index (χ3n) is 5.71. The lowest BCUT2D eigenvalue weighted by atomic mass is 10.0. The number of benzene rings is 3. The molecule has 3 N–H and O–H groups in total. The molecule has 11 heteroatoms. The Morgan fingerprint density at radius 2 is 1.54 bits per heavy atom. The van der Waals surface area contributed by atoms with Gasteiger partial charge in [0.05, 0.1) is 11.1 Å². The maximum atomic E-state index is 12.9. The number of nitrogens with one attached hydrogen (secondary N) is 2. The number of anilines is 2. The first-order valence-corrected chi connectivity index (χ1v) is 11.2. The minimum Gasteiger partial charge on any atom is -0.475 e. The van der Waals surface area contributed by atoms with Gasteiger partial charge in [0.2, 0.25) is 5.91 Å². The topological polar surface area (TPSA) is 115 Å². The van der Waals surface area contributed by atoms with Gasteiger partial charge in [-0.1, -0.05) is 48.5 Å². The molecule has 1 aliphatic rings. The van der Waals surface area contributed by atoms with E-state index < -0.39 is 12.1 Å². The number of nitrogens with zero attached hydrogens (tertiary/aromatic N) is 2. The monoisotopic (exact) mass is 510 g/mol. The van der Waals surface area contributed by atoms with Crippen molar-refractivity contribution >= 4 is 34.0 Å². The molecule has 1 unspecified atom stereocenters. The minimum absolute atomic E-state index is 0.0687. The summed E-state index contributed by atoms with van der Waals surface area (Å²) in [5, 5.41) is 18.7. The van der Waals surface area contributed by atoms with Crippen molar-refractivity contribution in [2.45, 2.75) is 18.6 Å². The molecule has 0 aliphatic carbocycles. The van der Waals surface area contributed by atoms with E-state index >= 15 is 0 Å². The zero-order valence-electron chi connectivity index (χ0n) is 19.2. The minimum atomic E-state index is -5.08. The molecule has 1 atom stereocenters. The first-order valence-electron chi connectivity index (χ1n) is 11.2. The highest BCUT2D eigenvalue weighted by Gasteiger charge is 2.38. The summed E-state index contributed by atoms with van der Waals surface area (Å²) in [4.78, 5) is 35.6. The van der Waals surface area contributed by atoms with Gasteiger partial charge in [0.1, 0.15) is 6.04 Å². The summed E-state index contributed by atoms with van der Waals surface area (Å²) < 4.78 is 31.7. The molecular weight excluding hydrogens is 489 g/mol. The van der Waals surface area contributed by atoms with Crippen LogP contribution in [0.1, 0.15) is 6.42 Å². The average molecular weight is 510 g/mol. The number of carboxylic acid groups (broad SMARTS) is 1. The van der Waals surface area contributed by atoms with E-state index in [1.807, 2.05) is 77.7 Å². The van der Waals surface area contributed by atoms with E-state index in [-0.39, 0.29) is 17.5 Å². The summed E-state index contributed by atoms with van der Waals surface area (Å²) in [6.45, 7) is 0.669. The Morgan fingerprint density at radius 3 is 2.16 bits per heavy atom. The van der Waals surface area contributed by atoms with Crippen molar-refractivity contribution in [3.63, 3.8) is 0 Å². The Bertz CT molecular complexity index is 1470. The number of rotatable bonds is 4. The molecule has 1 saturated heterocycles. The zero-order valence-corrected chi connectivity index (χ0v) is 19.2. The largest absolute Gasteiger partial charge is 0.490 e. The molecule has 190 valence electrons. The molecule has 1 fully saturated rings. The summed E-state index contributed by atoms with van der Waals surface area (Å²) in [5.41, 5.74) is 3.20. The number of carbonyl (C=O) groups excluding carboxylic acids is 1. The summed E-state index contributed by atoms with van der Waals surface area (Å²) in [7, 11) is 0. The van der Waals surface area contributed by atoms with Gasteiger partial charge in [0.25, 0.3) is 5.56 Å². The number of fused-ring (bicyclic) bond motifs is 1. The molecule has 1 aromatic heterocycles. The van der Waals surface area contributed by atoms with Gasteiger partial charge in [-0.15, -0.1) is 0 Å². The van der Waals surface area contributed by atoms with Crippen LogP contribution in [0, 0.1) is 0 Å². The lowest BCUT2D eigenvalue weighted by Gasteiger charge is -2.18. The van der Waals surface area contributed by atoms with Crippen LogP contribution in [-0.4, -0.2) is 45.9 Å². The van der Waals surface area contributed by atoms with Crippen molar-refractivity contribution in [3.05, 3.63) is 89.2 Å². The van der Waals surface area contributed by atoms with E-state index in [2.05, 4.69) is 15.5 Å². The van der Waals surface area contributed by atoms with E-state index in [1.54, 1.807) is 6.07 Å². The first kappa shape index (κ1) is 25.4. The lowest BCUT2D eigenvalue weighted by molar-refractivity contribution is -0.192. The Labute approximate surface area is 208 Å². The molecule has 0 saturated carbocycles. The molecule has 3 aromatic carbocycles. The second kappa shape index (κ2) is 10.5. The van der Waals surface area contributed by atoms with E-state index in [4.69, 9.17) is 9.90 Å². The predicted octanol–water partition coefficient (Wildman–Crippen LogP) is 4.44. The second-order valence-electron chi connectivity index (χ2n) is 8.14. The Kier molecular flexibility index (Phi) is 7.23. The predicted molar refractivity (Wildman–Crippen MR) is 132 cm³/mol. The fourth-order valence-corrected chi connectivity index (χ4v) is 3.94. The highest BCUT2D eigenvalue weighted by atomic mass is 19.4. The number of halogens is 3. The van der Waals surface area contributed by atoms with E-state index in [9.17, 15) is 22.8 Å². The smallest absolute Gasteiger partial charge is 0.475 e. The molecule has 1 aliphatic heterocycles. The SMILES string of the molecule is O=C(O)C(F)(F)F.O=C1C(Nc2ccccc2)CCN1c1ccc(-c2n[nH]c(=O)c3ccccc23)cc1. The normalized spacial score (nSPS) is 15.3. The van der Waals surface area contributed by atoms with Gasteiger partial charge >= 0.3 is 12.1 Å².